The average molecular weight is 405 g/mol. The number of aliphatic carboxylic acids is 1. The maximum absolute atomic E-state index is 12.0. The van der Waals surface area contributed by atoms with Crippen molar-refractivity contribution in [3.05, 3.63) is 0 Å². The molecule has 0 aliphatic carbocycles. The average Bonchev–Trinajstić information content (AvgIpc) is 2.60. The van der Waals surface area contributed by atoms with Crippen molar-refractivity contribution in [2.24, 2.45) is 11.5 Å². The van der Waals surface area contributed by atoms with E-state index in [1.807, 2.05) is 21.5 Å². The molecular formula is C13H23N7O8. The minimum absolute atomic E-state index is 0.464. The second kappa shape index (κ2) is 12.0. The number of carbonyl (C=O) groups is 6. The van der Waals surface area contributed by atoms with Crippen LogP contribution in [0.4, 0.5) is 4.79 Å². The fourth-order valence-electron chi connectivity index (χ4n) is 1.71. The van der Waals surface area contributed by atoms with Crippen LogP contribution in [0.1, 0.15) is 13.3 Å². The minimum Gasteiger partial charge on any atom is -0.480 e. The van der Waals surface area contributed by atoms with Crippen molar-refractivity contribution >= 4 is 35.6 Å². The summed E-state index contributed by atoms with van der Waals surface area (Å²) in [7, 11) is 0. The number of primary amides is 1. The predicted octanol–water partition coefficient (Wildman–Crippen LogP) is -5.41. The van der Waals surface area contributed by atoms with Crippen LogP contribution in [0.5, 0.6) is 0 Å². The van der Waals surface area contributed by atoms with E-state index in [1.54, 1.807) is 0 Å². The molecule has 0 fully saturated rings. The van der Waals surface area contributed by atoms with E-state index in [4.69, 9.17) is 16.6 Å². The maximum Gasteiger partial charge on any atom is 0.323 e. The Labute approximate surface area is 158 Å². The number of carbonyl (C=O) groups excluding carboxylic acids is 5. The largest absolute Gasteiger partial charge is 0.480 e. The summed E-state index contributed by atoms with van der Waals surface area (Å²) in [5, 5.41) is 24.1. The highest BCUT2D eigenvalue weighted by Gasteiger charge is 2.28. The zero-order chi connectivity index (χ0) is 21.9. The standard InChI is InChI=1S/C13H23N7O8/c1-5(21)10(18-13(28)16-4-9(24)25)12(27)20-19-11(26)6(2-7(15)22)17-8(23)3-14/h5-6,10,21H,2-4,14H2,1H3,(H2,15,22)(H,17,23)(H,19,26)(H,20,27)(H,24,25)(H2,16,18,28)/t5?,6-,10-/m0/s1. The molecule has 0 saturated carbocycles. The molecule has 15 heteroatoms. The number of hydrazine groups is 1. The van der Waals surface area contributed by atoms with Crippen LogP contribution in [0, 0.1) is 0 Å². The van der Waals surface area contributed by atoms with Gasteiger partial charge in [0.2, 0.25) is 11.8 Å². The molecule has 0 heterocycles. The molecule has 0 aromatic rings. The highest BCUT2D eigenvalue weighted by Crippen LogP contribution is 1.94. The lowest BCUT2D eigenvalue weighted by Gasteiger charge is -2.22. The summed E-state index contributed by atoms with van der Waals surface area (Å²) in [5.74, 6) is -5.10. The molecule has 0 rings (SSSR count). The van der Waals surface area contributed by atoms with E-state index in [0.717, 1.165) is 6.92 Å². The summed E-state index contributed by atoms with van der Waals surface area (Å²) in [5.41, 5.74) is 13.9. The molecule has 158 valence electrons. The van der Waals surface area contributed by atoms with Crippen LogP contribution < -0.4 is 38.3 Å². The fourth-order valence-corrected chi connectivity index (χ4v) is 1.71. The highest BCUT2D eigenvalue weighted by molar-refractivity contribution is 5.94. The van der Waals surface area contributed by atoms with Crippen molar-refractivity contribution in [2.45, 2.75) is 31.5 Å². The van der Waals surface area contributed by atoms with Crippen molar-refractivity contribution in [1.29, 1.82) is 0 Å². The van der Waals surface area contributed by atoms with Gasteiger partial charge in [0, 0.05) is 0 Å². The minimum atomic E-state index is -1.57. The molecule has 11 N–H and O–H groups in total. The van der Waals surface area contributed by atoms with Crippen LogP contribution in [0.2, 0.25) is 0 Å². The van der Waals surface area contributed by atoms with Crippen LogP contribution >= 0.6 is 0 Å². The van der Waals surface area contributed by atoms with Gasteiger partial charge >= 0.3 is 12.0 Å². The van der Waals surface area contributed by atoms with E-state index in [9.17, 15) is 33.9 Å². The van der Waals surface area contributed by atoms with Gasteiger partial charge in [0.15, 0.2) is 0 Å². The number of hydrogen-bond acceptors (Lipinski definition) is 8. The van der Waals surface area contributed by atoms with Gasteiger partial charge in [-0.05, 0) is 6.92 Å². The Morgan fingerprint density at radius 1 is 1.00 bits per heavy atom. The molecule has 0 bridgehead atoms. The molecule has 28 heavy (non-hydrogen) atoms. The number of urea groups is 1. The fraction of sp³-hybridized carbons (Fsp3) is 0.538. The third kappa shape index (κ3) is 9.88. The molecule has 0 spiro atoms. The van der Waals surface area contributed by atoms with Gasteiger partial charge in [0.05, 0.1) is 19.1 Å². The van der Waals surface area contributed by atoms with Crippen molar-refractivity contribution in [3.63, 3.8) is 0 Å². The van der Waals surface area contributed by atoms with Gasteiger partial charge < -0.3 is 37.6 Å². The van der Waals surface area contributed by atoms with Crippen LogP contribution in [0.15, 0.2) is 0 Å². The molecule has 3 atom stereocenters. The van der Waals surface area contributed by atoms with Crippen molar-refractivity contribution in [3.8, 4) is 0 Å². The topological polar surface area (TPSA) is 255 Å². The van der Waals surface area contributed by atoms with Crippen molar-refractivity contribution in [2.75, 3.05) is 13.1 Å². The quantitative estimate of drug-likeness (QED) is 0.157. The Balaban J connectivity index is 4.85. The molecule has 0 aliphatic rings. The van der Waals surface area contributed by atoms with Crippen molar-refractivity contribution in [1.82, 2.24) is 26.8 Å². The normalized spacial score (nSPS) is 13.2. The summed E-state index contributed by atoms with van der Waals surface area (Å²) >= 11 is 0. The number of carboxylic acid groups (broad SMARTS) is 1. The SMILES string of the molecule is CC(O)[C@H](NC(=O)NCC(=O)O)C(=O)NNC(=O)[C@H](CC(N)=O)NC(=O)CN. The van der Waals surface area contributed by atoms with Gasteiger partial charge in [0.1, 0.15) is 18.6 Å². The number of aliphatic hydroxyl groups excluding tert-OH is 1. The number of hydrogen-bond donors (Lipinski definition) is 9. The van der Waals surface area contributed by atoms with Crippen LogP contribution in [0.3, 0.4) is 0 Å². The molecule has 0 radical (unpaired) electrons. The highest BCUT2D eigenvalue weighted by atomic mass is 16.4. The lowest BCUT2D eigenvalue weighted by Crippen LogP contribution is -2.60. The third-order valence-electron chi connectivity index (χ3n) is 3.00. The van der Waals surface area contributed by atoms with Gasteiger partial charge in [0.25, 0.3) is 11.8 Å². The maximum atomic E-state index is 12.0. The molecule has 0 aromatic carbocycles. The van der Waals surface area contributed by atoms with E-state index < -0.39 is 73.3 Å². The Kier molecular flexibility index (Phi) is 10.5. The van der Waals surface area contributed by atoms with E-state index in [-0.39, 0.29) is 0 Å². The van der Waals surface area contributed by atoms with E-state index in [2.05, 4.69) is 5.32 Å². The lowest BCUT2D eigenvalue weighted by atomic mass is 10.1. The predicted molar refractivity (Wildman–Crippen MR) is 90.7 cm³/mol. The second-order valence-corrected chi connectivity index (χ2v) is 5.41. The van der Waals surface area contributed by atoms with Gasteiger partial charge in [-0.25, -0.2) is 4.79 Å². The first-order valence-corrected chi connectivity index (χ1v) is 7.79. The lowest BCUT2D eigenvalue weighted by molar-refractivity contribution is -0.135. The third-order valence-corrected chi connectivity index (χ3v) is 3.00. The Morgan fingerprint density at radius 2 is 1.57 bits per heavy atom. The van der Waals surface area contributed by atoms with Crippen molar-refractivity contribution < 1.29 is 39.0 Å². The zero-order valence-electron chi connectivity index (χ0n) is 14.9. The van der Waals surface area contributed by atoms with Gasteiger partial charge in [-0.3, -0.25) is 34.8 Å². The first kappa shape index (κ1) is 24.5. The van der Waals surface area contributed by atoms with Crippen LogP contribution in [-0.4, -0.2) is 77.1 Å². The number of nitrogens with two attached hydrogens (primary N) is 2. The Morgan fingerprint density at radius 3 is 2.04 bits per heavy atom. The van der Waals surface area contributed by atoms with Gasteiger partial charge in [-0.1, -0.05) is 0 Å². The smallest absolute Gasteiger partial charge is 0.323 e. The molecular weight excluding hydrogens is 382 g/mol. The summed E-state index contributed by atoms with van der Waals surface area (Å²) in [6, 6.07) is -4.05. The summed E-state index contributed by atoms with van der Waals surface area (Å²) in [6.45, 7) is -0.0400. The Hall–Kier alpha value is -3.46. The Bertz CT molecular complexity index is 624. The van der Waals surface area contributed by atoms with Crippen LogP contribution in [0.25, 0.3) is 0 Å². The summed E-state index contributed by atoms with van der Waals surface area (Å²) in [4.78, 5) is 68.2. The van der Waals surface area contributed by atoms with Gasteiger partial charge in [-0.2, -0.15) is 0 Å². The number of carboxylic acids is 1. The molecule has 15 nitrogen and oxygen atoms in total. The number of amides is 6. The molecule has 0 aromatic heterocycles. The number of aliphatic hydroxyl groups is 1. The molecule has 0 aliphatic heterocycles. The molecule has 1 unspecified atom stereocenters. The molecule has 0 saturated heterocycles. The first-order valence-electron chi connectivity index (χ1n) is 7.79. The zero-order valence-corrected chi connectivity index (χ0v) is 14.9. The summed E-state index contributed by atoms with van der Waals surface area (Å²) in [6.07, 6.45) is -2.01. The second-order valence-electron chi connectivity index (χ2n) is 5.41. The van der Waals surface area contributed by atoms with E-state index in [1.165, 1.54) is 0 Å². The molecule has 6 amide bonds. The van der Waals surface area contributed by atoms with Crippen LogP contribution in [-0.2, 0) is 24.0 Å². The van der Waals surface area contributed by atoms with Gasteiger partial charge in [-0.15, -0.1) is 0 Å². The number of nitrogens with one attached hydrogen (secondary N) is 5. The van der Waals surface area contributed by atoms with E-state index in [0.29, 0.717) is 0 Å². The summed E-state index contributed by atoms with van der Waals surface area (Å²) < 4.78 is 0. The van der Waals surface area contributed by atoms with E-state index >= 15 is 0 Å². The monoisotopic (exact) mass is 405 g/mol. The number of rotatable bonds is 10. The first-order chi connectivity index (χ1) is 13.0.